The second kappa shape index (κ2) is 14.4. The molecule has 272 valence electrons. The molecule has 0 fully saturated rings. The summed E-state index contributed by atoms with van der Waals surface area (Å²) in [5, 5.41) is 8.28. The molecule has 9 rings (SSSR count). The van der Waals surface area contributed by atoms with Crippen molar-refractivity contribution in [3.63, 3.8) is 0 Å². The summed E-state index contributed by atoms with van der Waals surface area (Å²) in [6, 6.07) is 77.4. The summed E-state index contributed by atoms with van der Waals surface area (Å²) in [7, 11) is 0. The molecule has 0 aromatic heterocycles. The Labute approximate surface area is 330 Å². The van der Waals surface area contributed by atoms with Gasteiger partial charge in [-0.05, 0) is 45.5 Å². The van der Waals surface area contributed by atoms with Gasteiger partial charge in [0.15, 0.2) is 11.5 Å². The Hall–Kier alpha value is -6.84. The van der Waals surface area contributed by atoms with Crippen LogP contribution in [0.25, 0.3) is 0 Å². The highest BCUT2D eigenvalue weighted by Gasteiger charge is 2.43. The van der Waals surface area contributed by atoms with Crippen molar-refractivity contribution < 1.29 is 4.74 Å². The summed E-state index contributed by atoms with van der Waals surface area (Å²) in [5.74, 6) is 1.63. The topological polar surface area (TPSA) is 33.3 Å². The van der Waals surface area contributed by atoms with E-state index in [4.69, 9.17) is 4.74 Å². The number of hydrogen-bond donors (Lipinski definition) is 2. The Morgan fingerprint density at radius 3 is 0.821 bits per heavy atom. The minimum Gasteiger partial charge on any atom is -0.452 e. The van der Waals surface area contributed by atoms with E-state index >= 15 is 0 Å². The predicted molar refractivity (Wildman–Crippen MR) is 231 cm³/mol. The van der Waals surface area contributed by atoms with Crippen molar-refractivity contribution in [2.24, 2.45) is 0 Å². The first-order valence-corrected chi connectivity index (χ1v) is 19.4. The molecule has 8 aromatic carbocycles. The van der Waals surface area contributed by atoms with Crippen LogP contribution in [0.1, 0.15) is 58.4 Å². The van der Waals surface area contributed by atoms with Crippen LogP contribution in [-0.4, -0.2) is 0 Å². The van der Waals surface area contributed by atoms with E-state index in [9.17, 15) is 0 Å². The van der Waals surface area contributed by atoms with Gasteiger partial charge in [-0.1, -0.05) is 220 Å². The number of fused-ring (bicyclic) bond motifs is 2. The van der Waals surface area contributed by atoms with E-state index in [1.54, 1.807) is 0 Å². The molecule has 1 heterocycles. The van der Waals surface area contributed by atoms with E-state index in [-0.39, 0.29) is 5.41 Å². The van der Waals surface area contributed by atoms with E-state index in [0.29, 0.717) is 0 Å². The van der Waals surface area contributed by atoms with E-state index in [1.165, 1.54) is 0 Å². The van der Waals surface area contributed by atoms with Gasteiger partial charge in [-0.2, -0.15) is 0 Å². The lowest BCUT2D eigenvalue weighted by atomic mass is 9.74. The van der Waals surface area contributed by atoms with Crippen molar-refractivity contribution in [3.05, 3.63) is 263 Å². The molecule has 8 aromatic rings. The average Bonchev–Trinajstić information content (AvgIpc) is 3.27. The smallest absolute Gasteiger partial charge is 0.154 e. The maximum atomic E-state index is 7.36. The van der Waals surface area contributed by atoms with Gasteiger partial charge in [0.1, 0.15) is 11.1 Å². The van der Waals surface area contributed by atoms with E-state index in [1.807, 2.05) is 0 Å². The van der Waals surface area contributed by atoms with Crippen LogP contribution in [0.4, 0.5) is 11.4 Å². The SMILES string of the molecule is CC1(C)c2cccc(NC(c3ccccc3)(c3ccccc3)c3ccccc3)c2Oc2c(NC(c3ccccc3)(c3ccccc3)c3ccccc3)cccc21. The molecule has 0 saturated carbocycles. The summed E-state index contributed by atoms with van der Waals surface area (Å²) in [6.45, 7) is 4.61. The van der Waals surface area contributed by atoms with Crippen molar-refractivity contribution in [1.29, 1.82) is 0 Å². The Balaban J connectivity index is 1.24. The zero-order valence-corrected chi connectivity index (χ0v) is 31.7. The van der Waals surface area contributed by atoms with Gasteiger partial charge in [0.25, 0.3) is 0 Å². The highest BCUT2D eigenvalue weighted by molar-refractivity contribution is 5.77. The number of ether oxygens (including phenoxy) is 1. The van der Waals surface area contributed by atoms with Crippen molar-refractivity contribution in [1.82, 2.24) is 0 Å². The zero-order chi connectivity index (χ0) is 38.0. The number of anilines is 2. The molecule has 1 aliphatic rings. The molecule has 0 bridgehead atoms. The first kappa shape index (κ1) is 34.9. The third-order valence-electron chi connectivity index (χ3n) is 11.5. The lowest BCUT2D eigenvalue weighted by Crippen LogP contribution is -2.39. The quantitative estimate of drug-likeness (QED) is 0.138. The average molecular weight is 725 g/mol. The Bertz CT molecular complexity index is 2180. The van der Waals surface area contributed by atoms with Crippen LogP contribution in [0.2, 0.25) is 0 Å². The van der Waals surface area contributed by atoms with Gasteiger partial charge in [-0.25, -0.2) is 0 Å². The molecule has 2 N–H and O–H groups in total. The van der Waals surface area contributed by atoms with Crippen molar-refractivity contribution in [3.8, 4) is 11.5 Å². The lowest BCUT2D eigenvalue weighted by molar-refractivity contribution is 0.419. The summed E-state index contributed by atoms with van der Waals surface area (Å²) in [4.78, 5) is 0. The van der Waals surface area contributed by atoms with Gasteiger partial charge in [0.2, 0.25) is 0 Å². The molecular weight excluding hydrogens is 681 g/mol. The number of rotatable bonds is 10. The van der Waals surface area contributed by atoms with Crippen LogP contribution < -0.4 is 15.4 Å². The van der Waals surface area contributed by atoms with Crippen LogP contribution in [0.3, 0.4) is 0 Å². The Morgan fingerprint density at radius 2 is 0.571 bits per heavy atom. The molecule has 0 saturated heterocycles. The third kappa shape index (κ3) is 5.84. The standard InChI is InChI=1S/C53H44N2O/c1-51(2)45-35-21-37-47(54-52(39-23-9-3-10-24-39,40-25-11-4-12-26-40)41-27-13-5-14-28-41)49(45)56-50-46(51)36-22-38-48(50)55-53(42-29-15-6-16-30-42,43-31-17-7-18-32-43)44-33-19-8-20-34-44/h3-38,54-55H,1-2H3. The number of para-hydroxylation sites is 2. The van der Waals surface area contributed by atoms with E-state index < -0.39 is 11.1 Å². The second-order valence-electron chi connectivity index (χ2n) is 15.0. The fourth-order valence-corrected chi connectivity index (χ4v) is 8.69. The first-order valence-electron chi connectivity index (χ1n) is 19.4. The third-order valence-corrected chi connectivity index (χ3v) is 11.5. The predicted octanol–water partition coefficient (Wildman–Crippen LogP) is 12.9. The Kier molecular flexibility index (Phi) is 8.99. The summed E-state index contributed by atoms with van der Waals surface area (Å²) >= 11 is 0. The summed E-state index contributed by atoms with van der Waals surface area (Å²) < 4.78 is 7.36. The van der Waals surface area contributed by atoms with Crippen LogP contribution in [0.5, 0.6) is 11.5 Å². The molecule has 3 nitrogen and oxygen atoms in total. The molecule has 0 amide bonds. The highest BCUT2D eigenvalue weighted by atomic mass is 16.5. The van der Waals surface area contributed by atoms with Crippen molar-refractivity contribution >= 4 is 11.4 Å². The minimum atomic E-state index is -0.729. The number of hydrogen-bond acceptors (Lipinski definition) is 3. The van der Waals surface area contributed by atoms with Gasteiger partial charge in [0.05, 0.1) is 11.4 Å². The maximum Gasteiger partial charge on any atom is 0.154 e. The highest BCUT2D eigenvalue weighted by Crippen LogP contribution is 2.55. The Morgan fingerprint density at radius 1 is 0.321 bits per heavy atom. The largest absolute Gasteiger partial charge is 0.452 e. The minimum absolute atomic E-state index is 0.387. The number of benzene rings is 8. The molecule has 0 aliphatic carbocycles. The molecule has 0 unspecified atom stereocenters. The molecule has 56 heavy (non-hydrogen) atoms. The van der Waals surface area contributed by atoms with Gasteiger partial charge >= 0.3 is 0 Å². The van der Waals surface area contributed by atoms with E-state index in [2.05, 4.69) is 243 Å². The molecular formula is C53H44N2O. The number of nitrogens with one attached hydrogen (secondary N) is 2. The van der Waals surface area contributed by atoms with E-state index in [0.717, 1.165) is 67.4 Å². The van der Waals surface area contributed by atoms with Gasteiger partial charge in [-0.15, -0.1) is 0 Å². The second-order valence-corrected chi connectivity index (χ2v) is 15.0. The molecule has 1 aliphatic heterocycles. The van der Waals surface area contributed by atoms with Crippen LogP contribution in [0, 0.1) is 0 Å². The molecule has 0 atom stereocenters. The van der Waals surface area contributed by atoms with Crippen molar-refractivity contribution in [2.75, 3.05) is 10.6 Å². The van der Waals surface area contributed by atoms with Gasteiger partial charge in [-0.3, -0.25) is 0 Å². The fraction of sp³-hybridized carbons (Fsp3) is 0.0943. The van der Waals surface area contributed by atoms with Gasteiger partial charge < -0.3 is 15.4 Å². The molecule has 0 spiro atoms. The molecule has 3 heteroatoms. The zero-order valence-electron chi connectivity index (χ0n) is 31.7. The van der Waals surface area contributed by atoms with Crippen LogP contribution >= 0.6 is 0 Å². The van der Waals surface area contributed by atoms with Crippen LogP contribution in [-0.2, 0) is 16.5 Å². The first-order chi connectivity index (χ1) is 27.5. The normalized spacial score (nSPS) is 13.1. The molecule has 0 radical (unpaired) electrons. The maximum absolute atomic E-state index is 7.36. The lowest BCUT2D eigenvalue weighted by Gasteiger charge is -2.42. The van der Waals surface area contributed by atoms with Crippen LogP contribution in [0.15, 0.2) is 218 Å². The summed E-state index contributed by atoms with van der Waals surface area (Å²) in [6.07, 6.45) is 0. The summed E-state index contributed by atoms with van der Waals surface area (Å²) in [5.41, 5.74) is 9.00. The monoisotopic (exact) mass is 724 g/mol. The van der Waals surface area contributed by atoms with Crippen molar-refractivity contribution in [2.45, 2.75) is 30.3 Å². The fourth-order valence-electron chi connectivity index (χ4n) is 8.69. The van der Waals surface area contributed by atoms with Gasteiger partial charge in [0, 0.05) is 16.5 Å².